The molecule has 0 fully saturated rings. The molecule has 1 aromatic carbocycles. The fraction of sp³-hybridized carbons (Fsp3) is 0.579. The average molecular weight is 332 g/mol. The van der Waals surface area contributed by atoms with E-state index in [1.54, 1.807) is 4.90 Å². The van der Waals surface area contributed by atoms with Gasteiger partial charge in [0.05, 0.1) is 12.6 Å². The first-order valence-electron chi connectivity index (χ1n) is 8.70. The van der Waals surface area contributed by atoms with E-state index in [4.69, 9.17) is 0 Å². The molecule has 0 saturated heterocycles. The van der Waals surface area contributed by atoms with Crippen LogP contribution in [0.5, 0.6) is 0 Å². The molecule has 5 heteroatoms. The van der Waals surface area contributed by atoms with Crippen molar-refractivity contribution in [3.63, 3.8) is 0 Å². The molecule has 0 unspecified atom stereocenters. The number of fused-ring (bicyclic) bond motifs is 1. The highest BCUT2D eigenvalue weighted by atomic mass is 16.3. The van der Waals surface area contributed by atoms with Crippen molar-refractivity contribution in [2.24, 2.45) is 11.8 Å². The quantitative estimate of drug-likeness (QED) is 0.804. The van der Waals surface area contributed by atoms with E-state index in [1.165, 1.54) is 0 Å². The maximum absolute atomic E-state index is 12.9. The van der Waals surface area contributed by atoms with E-state index in [9.17, 15) is 14.7 Å². The number of amides is 2. The van der Waals surface area contributed by atoms with Crippen LogP contribution in [-0.2, 0) is 11.3 Å². The van der Waals surface area contributed by atoms with E-state index in [2.05, 4.69) is 5.32 Å². The second-order valence-corrected chi connectivity index (χ2v) is 6.96. The van der Waals surface area contributed by atoms with E-state index in [1.807, 2.05) is 52.0 Å². The highest BCUT2D eigenvalue weighted by molar-refractivity contribution is 6.01. The minimum Gasteiger partial charge on any atom is -0.394 e. The Hall–Kier alpha value is -1.88. The maximum atomic E-state index is 12.9. The van der Waals surface area contributed by atoms with Gasteiger partial charge in [0.1, 0.15) is 6.04 Å². The first-order valence-corrected chi connectivity index (χ1v) is 8.70. The first-order chi connectivity index (χ1) is 11.4. The molecule has 1 heterocycles. The van der Waals surface area contributed by atoms with E-state index in [-0.39, 0.29) is 36.3 Å². The Kier molecular flexibility index (Phi) is 5.99. The van der Waals surface area contributed by atoms with Gasteiger partial charge in [-0.05, 0) is 23.5 Å². The largest absolute Gasteiger partial charge is 0.394 e. The summed E-state index contributed by atoms with van der Waals surface area (Å²) in [5, 5.41) is 12.4. The number of hydrogen-bond donors (Lipinski definition) is 2. The highest BCUT2D eigenvalue weighted by Gasteiger charge is 2.39. The van der Waals surface area contributed by atoms with Crippen LogP contribution in [-0.4, -0.2) is 40.5 Å². The van der Waals surface area contributed by atoms with Crippen molar-refractivity contribution in [3.05, 3.63) is 35.4 Å². The summed E-state index contributed by atoms with van der Waals surface area (Å²) in [6, 6.07) is 6.68. The van der Waals surface area contributed by atoms with Gasteiger partial charge in [-0.15, -0.1) is 0 Å². The van der Waals surface area contributed by atoms with Gasteiger partial charge in [-0.25, -0.2) is 0 Å². The third kappa shape index (κ3) is 3.61. The van der Waals surface area contributed by atoms with Gasteiger partial charge >= 0.3 is 0 Å². The van der Waals surface area contributed by atoms with E-state index in [0.717, 1.165) is 12.0 Å². The molecule has 0 radical (unpaired) electrons. The predicted molar refractivity (Wildman–Crippen MR) is 93.4 cm³/mol. The van der Waals surface area contributed by atoms with E-state index >= 15 is 0 Å². The number of aliphatic hydroxyl groups is 1. The van der Waals surface area contributed by atoms with Gasteiger partial charge in [0, 0.05) is 12.1 Å². The van der Waals surface area contributed by atoms with E-state index < -0.39 is 6.04 Å². The standard InChI is InChI=1S/C19H28N2O3/c1-5-13(4)17(18(23)20-16(11-22)12(2)3)21-10-14-8-6-7-9-15(14)19(21)24/h6-9,12-13,16-17,22H,5,10-11H2,1-4H3,(H,20,23)/t13-,16-,17-/m0/s1. The Bertz CT molecular complexity index is 600. The summed E-state index contributed by atoms with van der Waals surface area (Å²) in [5.41, 5.74) is 1.65. The lowest BCUT2D eigenvalue weighted by atomic mass is 9.95. The van der Waals surface area contributed by atoms with Gasteiger partial charge in [0.15, 0.2) is 0 Å². The zero-order valence-electron chi connectivity index (χ0n) is 15.0. The summed E-state index contributed by atoms with van der Waals surface area (Å²) in [6.07, 6.45) is 0.795. The summed E-state index contributed by atoms with van der Waals surface area (Å²) in [5.74, 6) is -0.104. The molecule has 3 atom stereocenters. The van der Waals surface area contributed by atoms with Gasteiger partial charge < -0.3 is 15.3 Å². The zero-order valence-corrected chi connectivity index (χ0v) is 15.0. The number of aliphatic hydroxyl groups excluding tert-OH is 1. The van der Waals surface area contributed by atoms with Gasteiger partial charge in [-0.2, -0.15) is 0 Å². The maximum Gasteiger partial charge on any atom is 0.255 e. The minimum atomic E-state index is -0.525. The molecule has 24 heavy (non-hydrogen) atoms. The van der Waals surface area contributed by atoms with Crippen LogP contribution in [0.1, 0.15) is 50.0 Å². The molecule has 132 valence electrons. The van der Waals surface area contributed by atoms with Gasteiger partial charge in [-0.3, -0.25) is 9.59 Å². The van der Waals surface area contributed by atoms with Crippen molar-refractivity contribution in [1.82, 2.24) is 10.2 Å². The topological polar surface area (TPSA) is 69.6 Å². The van der Waals surface area contributed by atoms with Crippen molar-refractivity contribution in [1.29, 1.82) is 0 Å². The molecule has 1 aliphatic rings. The van der Waals surface area contributed by atoms with Crippen LogP contribution in [0.3, 0.4) is 0 Å². The smallest absolute Gasteiger partial charge is 0.255 e. The van der Waals surface area contributed by atoms with Crippen LogP contribution in [0.15, 0.2) is 24.3 Å². The van der Waals surface area contributed by atoms with Crippen molar-refractivity contribution >= 4 is 11.8 Å². The molecule has 2 rings (SSSR count). The number of carbonyl (C=O) groups is 2. The number of nitrogens with one attached hydrogen (secondary N) is 1. The molecule has 0 aromatic heterocycles. The van der Waals surface area contributed by atoms with Crippen molar-refractivity contribution in [3.8, 4) is 0 Å². The van der Waals surface area contributed by atoms with Gasteiger partial charge in [0.2, 0.25) is 5.91 Å². The summed E-state index contributed by atoms with van der Waals surface area (Å²) < 4.78 is 0. The summed E-state index contributed by atoms with van der Waals surface area (Å²) in [7, 11) is 0. The molecule has 0 spiro atoms. The first kappa shape index (κ1) is 18.5. The number of nitrogens with zero attached hydrogens (tertiary/aromatic N) is 1. The lowest BCUT2D eigenvalue weighted by Crippen LogP contribution is -2.54. The fourth-order valence-electron chi connectivity index (χ4n) is 3.12. The second kappa shape index (κ2) is 7.79. The Morgan fingerprint density at radius 1 is 1.29 bits per heavy atom. The lowest BCUT2D eigenvalue weighted by molar-refractivity contribution is -0.128. The molecule has 1 aromatic rings. The number of hydrogen-bond acceptors (Lipinski definition) is 3. The average Bonchev–Trinajstić information content (AvgIpc) is 2.89. The summed E-state index contributed by atoms with van der Waals surface area (Å²) >= 11 is 0. The fourth-order valence-corrected chi connectivity index (χ4v) is 3.12. The van der Waals surface area contributed by atoms with Crippen LogP contribution in [0, 0.1) is 11.8 Å². The molecular formula is C19H28N2O3. The molecule has 2 N–H and O–H groups in total. The lowest BCUT2D eigenvalue weighted by Gasteiger charge is -2.33. The van der Waals surface area contributed by atoms with Crippen molar-refractivity contribution < 1.29 is 14.7 Å². The molecule has 0 saturated carbocycles. The molecule has 1 aliphatic heterocycles. The van der Waals surface area contributed by atoms with Gasteiger partial charge in [-0.1, -0.05) is 52.3 Å². The van der Waals surface area contributed by atoms with Crippen LogP contribution < -0.4 is 5.32 Å². The molecular weight excluding hydrogens is 304 g/mol. The normalized spacial score (nSPS) is 17.6. The Balaban J connectivity index is 2.24. The van der Waals surface area contributed by atoms with Crippen molar-refractivity contribution in [2.75, 3.05) is 6.61 Å². The Labute approximate surface area is 144 Å². The van der Waals surface area contributed by atoms with E-state index in [0.29, 0.717) is 12.1 Å². The molecule has 5 nitrogen and oxygen atoms in total. The van der Waals surface area contributed by atoms with Crippen LogP contribution in [0.2, 0.25) is 0 Å². The van der Waals surface area contributed by atoms with Crippen molar-refractivity contribution in [2.45, 2.75) is 52.7 Å². The highest BCUT2D eigenvalue weighted by Crippen LogP contribution is 2.28. The molecule has 0 aliphatic carbocycles. The Morgan fingerprint density at radius 3 is 2.50 bits per heavy atom. The van der Waals surface area contributed by atoms with Crippen LogP contribution >= 0.6 is 0 Å². The minimum absolute atomic E-state index is 0.0368. The summed E-state index contributed by atoms with van der Waals surface area (Å²) in [6.45, 7) is 8.27. The third-order valence-corrected chi connectivity index (χ3v) is 4.97. The monoisotopic (exact) mass is 332 g/mol. The second-order valence-electron chi connectivity index (χ2n) is 6.96. The number of benzene rings is 1. The third-order valence-electron chi connectivity index (χ3n) is 4.97. The number of rotatable bonds is 7. The number of carbonyl (C=O) groups excluding carboxylic acids is 2. The van der Waals surface area contributed by atoms with Crippen LogP contribution in [0.4, 0.5) is 0 Å². The van der Waals surface area contributed by atoms with Gasteiger partial charge in [0.25, 0.3) is 5.91 Å². The molecule has 2 amide bonds. The predicted octanol–water partition coefficient (Wildman–Crippen LogP) is 2.19. The SMILES string of the molecule is CC[C@H](C)[C@@H](C(=O)N[C@@H](CO)C(C)C)N1Cc2ccccc2C1=O. The van der Waals surface area contributed by atoms with Crippen LogP contribution in [0.25, 0.3) is 0 Å². The molecule has 0 bridgehead atoms. The summed E-state index contributed by atoms with van der Waals surface area (Å²) in [4.78, 5) is 27.3. The Morgan fingerprint density at radius 2 is 1.96 bits per heavy atom. The zero-order chi connectivity index (χ0) is 17.9.